The van der Waals surface area contributed by atoms with Gasteiger partial charge in [0.15, 0.2) is 0 Å². The van der Waals surface area contributed by atoms with Gasteiger partial charge < -0.3 is 7.43 Å². The first-order valence-corrected chi connectivity index (χ1v) is 3.00. The van der Waals surface area contributed by atoms with Crippen molar-refractivity contribution < 1.29 is 21.1 Å². The van der Waals surface area contributed by atoms with Crippen LogP contribution in [-0.4, -0.2) is 0 Å². The second-order valence-electron chi connectivity index (χ2n) is 2.12. The molecule has 1 rings (SSSR count). The van der Waals surface area contributed by atoms with Gasteiger partial charge in [-0.3, -0.25) is 0 Å². The first-order chi connectivity index (χ1) is 3.00. The van der Waals surface area contributed by atoms with E-state index in [1.807, 2.05) is 0 Å². The third kappa shape index (κ3) is 52.8. The molecule has 1 saturated carbocycles. The van der Waals surface area contributed by atoms with Crippen LogP contribution in [-0.2, 0) is 21.1 Å². The second-order valence-corrected chi connectivity index (χ2v) is 2.12. The van der Waals surface area contributed by atoms with Crippen LogP contribution in [0.2, 0.25) is 0 Å². The molecule has 0 aromatic rings. The van der Waals surface area contributed by atoms with E-state index in [0.717, 1.165) is 0 Å². The van der Waals surface area contributed by atoms with E-state index in [1.54, 1.807) is 0 Å². The quantitative estimate of drug-likeness (QED) is 0.400. The van der Waals surface area contributed by atoms with Crippen LogP contribution < -0.4 is 0 Å². The van der Waals surface area contributed by atoms with Gasteiger partial charge in [-0.05, 0) is 0 Å². The third-order valence-corrected chi connectivity index (χ3v) is 1.50. The van der Waals surface area contributed by atoms with Gasteiger partial charge in [0, 0.05) is 21.1 Å². The minimum Gasteiger partial charge on any atom is -0.358 e. The molecule has 9 heteroatoms. The van der Waals surface area contributed by atoms with Crippen molar-refractivity contribution in [2.45, 2.75) is 38.5 Å². The molecule has 0 unspecified atom stereocenters. The van der Waals surface area contributed by atoms with E-state index in [9.17, 15) is 0 Å². The van der Waals surface area contributed by atoms with Gasteiger partial charge in [-0.1, -0.05) is 38.5 Å². The van der Waals surface area contributed by atoms with E-state index in [0.29, 0.717) is 0 Å². The molecule has 0 atom stereocenters. The molecular formula is C7H31S8W-. The van der Waals surface area contributed by atoms with Crippen LogP contribution in [0.3, 0.4) is 0 Å². The molecule has 114 valence electrons. The topological polar surface area (TPSA) is 0 Å². The van der Waals surface area contributed by atoms with Crippen molar-refractivity contribution in [2.75, 3.05) is 0 Å². The number of hydrogen-bond acceptors (Lipinski definition) is 0. The zero-order valence-electron chi connectivity index (χ0n) is 9.65. The number of rotatable bonds is 0. The van der Waals surface area contributed by atoms with Crippen molar-refractivity contribution in [1.82, 2.24) is 0 Å². The Bertz CT molecular complexity index is 35.9. The van der Waals surface area contributed by atoms with Gasteiger partial charge in [-0.25, -0.2) is 0 Å². The molecule has 1 aliphatic carbocycles. The fourth-order valence-electron chi connectivity index (χ4n) is 1.06. The Morgan fingerprint density at radius 3 is 0.438 bits per heavy atom. The van der Waals surface area contributed by atoms with Crippen LogP contribution in [0.25, 0.3) is 0 Å². The van der Waals surface area contributed by atoms with Gasteiger partial charge >= 0.3 is 0 Å². The molecule has 0 aromatic carbocycles. The van der Waals surface area contributed by atoms with Gasteiger partial charge in [0.25, 0.3) is 0 Å². The van der Waals surface area contributed by atoms with E-state index >= 15 is 0 Å². The Kier molecular flexibility index (Phi) is 290. The molecule has 0 N–H and O–H groups in total. The van der Waals surface area contributed by atoms with Crippen LogP contribution in [0.5, 0.6) is 0 Å². The molecule has 0 bridgehead atoms. The molecule has 0 heterocycles. The monoisotopic (exact) mass is 555 g/mol. The zero-order valence-corrected chi connectivity index (χ0v) is 20.6. The van der Waals surface area contributed by atoms with Crippen molar-refractivity contribution in [3.05, 3.63) is 7.43 Å². The standard InChI is InChI=1S/C6H12.CH3.8H2S.W/c1-2-4-6-5-3-1;;;;;;;;;;/h1-6H2;1H3;8*1H2;/q;-1;;;;;;;;;. The molecule has 1 aliphatic rings. The van der Waals surface area contributed by atoms with E-state index in [4.69, 9.17) is 0 Å². The number of hydrogen-bond donors (Lipinski definition) is 0. The Hall–Kier alpha value is 3.49. The molecule has 0 spiro atoms. The molecule has 0 aromatic heterocycles. The summed E-state index contributed by atoms with van der Waals surface area (Å²) in [5.41, 5.74) is 0. The molecule has 0 saturated heterocycles. The van der Waals surface area contributed by atoms with Crippen molar-refractivity contribution in [1.29, 1.82) is 0 Å². The van der Waals surface area contributed by atoms with Crippen LogP contribution in [0, 0.1) is 7.43 Å². The van der Waals surface area contributed by atoms with Gasteiger partial charge in [0.05, 0.1) is 0 Å². The average Bonchev–Trinajstić information content (AvgIpc) is 1.72. The fourth-order valence-corrected chi connectivity index (χ4v) is 1.06. The Morgan fingerprint density at radius 2 is 0.375 bits per heavy atom. The van der Waals surface area contributed by atoms with Crippen LogP contribution in [0.4, 0.5) is 0 Å². The molecule has 0 amide bonds. The molecule has 1 fully saturated rings. The van der Waals surface area contributed by atoms with Crippen LogP contribution in [0.15, 0.2) is 0 Å². The summed E-state index contributed by atoms with van der Waals surface area (Å²) in [6.07, 6.45) is 9.00. The van der Waals surface area contributed by atoms with E-state index < -0.39 is 0 Å². The Balaban J connectivity index is -0.00000000450. The van der Waals surface area contributed by atoms with E-state index in [2.05, 4.69) is 0 Å². The summed E-state index contributed by atoms with van der Waals surface area (Å²) < 4.78 is 0. The van der Waals surface area contributed by atoms with E-state index in [-0.39, 0.29) is 136 Å². The third-order valence-electron chi connectivity index (χ3n) is 1.50. The van der Waals surface area contributed by atoms with Crippen molar-refractivity contribution in [2.24, 2.45) is 0 Å². The summed E-state index contributed by atoms with van der Waals surface area (Å²) in [5.74, 6) is 0. The molecule has 16 heavy (non-hydrogen) atoms. The summed E-state index contributed by atoms with van der Waals surface area (Å²) in [5, 5.41) is 0. The maximum atomic E-state index is 1.50. The Labute approximate surface area is 173 Å². The predicted molar refractivity (Wildman–Crippen MR) is 117 cm³/mol. The largest absolute Gasteiger partial charge is 0.358 e. The van der Waals surface area contributed by atoms with Crippen molar-refractivity contribution in [3.8, 4) is 0 Å². The summed E-state index contributed by atoms with van der Waals surface area (Å²) >= 11 is 0. The minimum absolute atomic E-state index is 0. The molecule has 0 aliphatic heterocycles. The smallest absolute Gasteiger partial charge is 0 e. The van der Waals surface area contributed by atoms with Crippen molar-refractivity contribution >= 4 is 108 Å². The van der Waals surface area contributed by atoms with Gasteiger partial charge in [0.1, 0.15) is 0 Å². The predicted octanol–water partition coefficient (Wildman–Crippen LogP) is 3.69. The average molecular weight is 556 g/mol. The summed E-state index contributed by atoms with van der Waals surface area (Å²) in [4.78, 5) is 0. The van der Waals surface area contributed by atoms with Gasteiger partial charge in [-0.15, -0.1) is 0 Å². The first kappa shape index (κ1) is 74.0. The second kappa shape index (κ2) is 62.8. The summed E-state index contributed by atoms with van der Waals surface area (Å²) in [6, 6.07) is 0. The summed E-state index contributed by atoms with van der Waals surface area (Å²) in [6.45, 7) is 0. The van der Waals surface area contributed by atoms with Gasteiger partial charge in [-0.2, -0.15) is 108 Å². The SMILES string of the molecule is C1CCCCC1.S.S.S.S.S.S.S.S.[CH3-].[W]. The molecule has 0 radical (unpaired) electrons. The van der Waals surface area contributed by atoms with Crippen LogP contribution >= 0.6 is 108 Å². The van der Waals surface area contributed by atoms with Crippen molar-refractivity contribution in [3.63, 3.8) is 0 Å². The maximum absolute atomic E-state index is 1.50. The normalized spacial score (nSPS) is 9.00. The molecule has 0 nitrogen and oxygen atoms in total. The molecular weight excluding hydrogens is 524 g/mol. The summed E-state index contributed by atoms with van der Waals surface area (Å²) in [7, 11) is 0. The van der Waals surface area contributed by atoms with E-state index in [1.165, 1.54) is 38.5 Å². The fraction of sp³-hybridized carbons (Fsp3) is 0.857. The first-order valence-electron chi connectivity index (χ1n) is 3.00. The minimum atomic E-state index is 0. The Morgan fingerprint density at radius 1 is 0.312 bits per heavy atom. The van der Waals surface area contributed by atoms with Gasteiger partial charge in [0.2, 0.25) is 0 Å². The maximum Gasteiger partial charge on any atom is 0 e. The zero-order chi connectivity index (χ0) is 4.24. The van der Waals surface area contributed by atoms with Crippen LogP contribution in [0.1, 0.15) is 38.5 Å².